The van der Waals surface area contributed by atoms with Crippen LogP contribution in [0.15, 0.2) is 0 Å². The van der Waals surface area contributed by atoms with Gasteiger partial charge in [0.25, 0.3) is 0 Å². The molecule has 1 amide bonds. The van der Waals surface area contributed by atoms with Crippen LogP contribution in [-0.4, -0.2) is 23.2 Å². The Hall–Kier alpha value is -0.570. The maximum atomic E-state index is 12.5. The molecular formula is C18H29NO2. The Morgan fingerprint density at radius 1 is 0.952 bits per heavy atom. The molecule has 0 aromatic carbocycles. The van der Waals surface area contributed by atoms with Crippen LogP contribution >= 0.6 is 0 Å². The van der Waals surface area contributed by atoms with Crippen molar-refractivity contribution in [2.24, 2.45) is 23.2 Å². The van der Waals surface area contributed by atoms with E-state index in [-0.39, 0.29) is 6.10 Å². The third-order valence-electron chi connectivity index (χ3n) is 6.76. The number of rotatable bonds is 3. The monoisotopic (exact) mass is 291 g/mol. The van der Waals surface area contributed by atoms with E-state index in [0.29, 0.717) is 17.4 Å². The van der Waals surface area contributed by atoms with E-state index in [4.69, 9.17) is 0 Å². The van der Waals surface area contributed by atoms with E-state index < -0.39 is 0 Å². The van der Waals surface area contributed by atoms with Gasteiger partial charge in [-0.25, -0.2) is 0 Å². The summed E-state index contributed by atoms with van der Waals surface area (Å²) in [5.74, 6) is 3.06. The number of aliphatic hydroxyl groups excluding tert-OH is 1. The van der Waals surface area contributed by atoms with Crippen LogP contribution in [0.4, 0.5) is 0 Å². The highest BCUT2D eigenvalue weighted by atomic mass is 16.3. The highest BCUT2D eigenvalue weighted by Crippen LogP contribution is 2.61. The van der Waals surface area contributed by atoms with Crippen LogP contribution in [0.25, 0.3) is 0 Å². The Morgan fingerprint density at radius 3 is 2.00 bits per heavy atom. The predicted molar refractivity (Wildman–Crippen MR) is 81.6 cm³/mol. The molecule has 5 aliphatic rings. The van der Waals surface area contributed by atoms with Crippen LogP contribution in [0.3, 0.4) is 0 Å². The average molecular weight is 291 g/mol. The van der Waals surface area contributed by atoms with E-state index in [0.717, 1.165) is 49.9 Å². The number of hydrogen-bond acceptors (Lipinski definition) is 2. The molecule has 0 saturated heterocycles. The summed E-state index contributed by atoms with van der Waals surface area (Å²) in [4.78, 5) is 12.5. The SMILES string of the molecule is O=C(CC12CC3CC(CC(C3)C1)C2)NC1CCC(O)CC1. The van der Waals surface area contributed by atoms with Gasteiger partial charge in [0.2, 0.25) is 5.91 Å². The van der Waals surface area contributed by atoms with Crippen molar-refractivity contribution in [3.05, 3.63) is 0 Å². The van der Waals surface area contributed by atoms with Crippen LogP contribution in [0, 0.1) is 23.2 Å². The van der Waals surface area contributed by atoms with Crippen molar-refractivity contribution in [1.82, 2.24) is 5.32 Å². The van der Waals surface area contributed by atoms with Gasteiger partial charge in [-0.3, -0.25) is 4.79 Å². The summed E-state index contributed by atoms with van der Waals surface area (Å²) in [5.41, 5.74) is 0.354. The summed E-state index contributed by atoms with van der Waals surface area (Å²) in [5, 5.41) is 12.8. The molecule has 118 valence electrons. The van der Waals surface area contributed by atoms with Crippen molar-refractivity contribution in [2.45, 2.75) is 82.8 Å². The van der Waals surface area contributed by atoms with Gasteiger partial charge in [-0.1, -0.05) is 0 Å². The number of amides is 1. The molecule has 5 aliphatic carbocycles. The van der Waals surface area contributed by atoms with Gasteiger partial charge in [0.15, 0.2) is 0 Å². The molecule has 5 saturated carbocycles. The first-order valence-corrected chi connectivity index (χ1v) is 9.08. The van der Waals surface area contributed by atoms with Gasteiger partial charge >= 0.3 is 0 Å². The Bertz CT molecular complexity index is 376. The standard InChI is InChI=1S/C18H29NO2/c20-16-3-1-15(2-4-16)19-17(21)11-18-8-12-5-13(9-18)7-14(6-12)10-18/h12-16,20H,1-11H2,(H,19,21). The number of nitrogens with one attached hydrogen (secondary N) is 1. The second-order valence-electron chi connectivity index (χ2n) is 8.67. The molecular weight excluding hydrogens is 262 g/mol. The van der Waals surface area contributed by atoms with E-state index >= 15 is 0 Å². The van der Waals surface area contributed by atoms with Gasteiger partial charge in [0.1, 0.15) is 0 Å². The van der Waals surface area contributed by atoms with Crippen molar-refractivity contribution in [1.29, 1.82) is 0 Å². The molecule has 4 bridgehead atoms. The molecule has 3 heteroatoms. The first kappa shape index (κ1) is 14.0. The zero-order chi connectivity index (χ0) is 14.4. The molecule has 0 heterocycles. The Balaban J connectivity index is 1.34. The number of hydrogen-bond donors (Lipinski definition) is 2. The second kappa shape index (κ2) is 5.26. The fraction of sp³-hybridized carbons (Fsp3) is 0.944. The number of carbonyl (C=O) groups excluding carboxylic acids is 1. The number of aliphatic hydroxyl groups is 1. The molecule has 0 spiro atoms. The van der Waals surface area contributed by atoms with E-state index in [1.54, 1.807) is 0 Å². The van der Waals surface area contributed by atoms with Crippen molar-refractivity contribution >= 4 is 5.91 Å². The Labute approximate surface area is 127 Å². The van der Waals surface area contributed by atoms with Gasteiger partial charge in [0.05, 0.1) is 6.10 Å². The minimum Gasteiger partial charge on any atom is -0.393 e. The lowest BCUT2D eigenvalue weighted by molar-refractivity contribution is -0.130. The minimum atomic E-state index is -0.138. The zero-order valence-corrected chi connectivity index (χ0v) is 13.0. The first-order chi connectivity index (χ1) is 10.1. The third kappa shape index (κ3) is 2.86. The van der Waals surface area contributed by atoms with Crippen LogP contribution < -0.4 is 5.32 Å². The average Bonchev–Trinajstić information content (AvgIpc) is 2.39. The molecule has 0 atom stereocenters. The van der Waals surface area contributed by atoms with E-state index in [1.165, 1.54) is 38.5 Å². The van der Waals surface area contributed by atoms with E-state index in [2.05, 4.69) is 5.32 Å². The van der Waals surface area contributed by atoms with Crippen molar-refractivity contribution in [2.75, 3.05) is 0 Å². The maximum absolute atomic E-state index is 12.5. The van der Waals surface area contributed by atoms with Crippen LogP contribution in [-0.2, 0) is 4.79 Å². The van der Waals surface area contributed by atoms with Crippen molar-refractivity contribution in [3.63, 3.8) is 0 Å². The van der Waals surface area contributed by atoms with E-state index in [1.807, 2.05) is 0 Å². The van der Waals surface area contributed by atoms with Gasteiger partial charge in [-0.2, -0.15) is 0 Å². The number of carbonyl (C=O) groups is 1. The van der Waals surface area contributed by atoms with Crippen molar-refractivity contribution < 1.29 is 9.90 Å². The third-order valence-corrected chi connectivity index (χ3v) is 6.76. The highest BCUT2D eigenvalue weighted by molar-refractivity contribution is 5.77. The molecule has 0 unspecified atom stereocenters. The smallest absolute Gasteiger partial charge is 0.220 e. The highest BCUT2D eigenvalue weighted by Gasteiger charge is 2.51. The van der Waals surface area contributed by atoms with Crippen LogP contribution in [0.5, 0.6) is 0 Å². The summed E-state index contributed by atoms with van der Waals surface area (Å²) in [7, 11) is 0. The molecule has 0 radical (unpaired) electrons. The van der Waals surface area contributed by atoms with Crippen molar-refractivity contribution in [3.8, 4) is 0 Å². The molecule has 2 N–H and O–H groups in total. The molecule has 5 rings (SSSR count). The molecule has 3 nitrogen and oxygen atoms in total. The van der Waals surface area contributed by atoms with E-state index in [9.17, 15) is 9.90 Å². The molecule has 5 fully saturated rings. The topological polar surface area (TPSA) is 49.3 Å². The lowest BCUT2D eigenvalue weighted by Crippen LogP contribution is -2.49. The molecule has 0 aromatic rings. The predicted octanol–water partition coefficient (Wildman–Crippen LogP) is 3.01. The fourth-order valence-corrected chi connectivity index (χ4v) is 6.35. The summed E-state index contributed by atoms with van der Waals surface area (Å²) in [6.07, 6.45) is 12.5. The Morgan fingerprint density at radius 2 is 1.48 bits per heavy atom. The summed E-state index contributed by atoms with van der Waals surface area (Å²) in [6.45, 7) is 0. The van der Waals surface area contributed by atoms with Gasteiger partial charge in [-0.05, 0) is 87.4 Å². The lowest BCUT2D eigenvalue weighted by Gasteiger charge is -2.56. The van der Waals surface area contributed by atoms with Gasteiger partial charge in [0, 0.05) is 12.5 Å². The van der Waals surface area contributed by atoms with Gasteiger partial charge < -0.3 is 10.4 Å². The molecule has 0 aromatic heterocycles. The second-order valence-corrected chi connectivity index (χ2v) is 8.67. The van der Waals surface area contributed by atoms with Crippen LogP contribution in [0.2, 0.25) is 0 Å². The molecule has 21 heavy (non-hydrogen) atoms. The summed E-state index contributed by atoms with van der Waals surface area (Å²) < 4.78 is 0. The summed E-state index contributed by atoms with van der Waals surface area (Å²) in [6, 6.07) is 0.315. The maximum Gasteiger partial charge on any atom is 0.220 e. The lowest BCUT2D eigenvalue weighted by atomic mass is 9.49. The first-order valence-electron chi connectivity index (χ1n) is 9.08. The largest absolute Gasteiger partial charge is 0.393 e. The normalized spacial score (nSPS) is 48.3. The molecule has 0 aliphatic heterocycles. The quantitative estimate of drug-likeness (QED) is 0.840. The fourth-order valence-electron chi connectivity index (χ4n) is 6.35. The summed E-state index contributed by atoms with van der Waals surface area (Å²) >= 11 is 0. The van der Waals surface area contributed by atoms with Gasteiger partial charge in [-0.15, -0.1) is 0 Å². The Kier molecular flexibility index (Phi) is 3.52. The van der Waals surface area contributed by atoms with Crippen LogP contribution in [0.1, 0.15) is 70.6 Å². The zero-order valence-electron chi connectivity index (χ0n) is 13.0. The minimum absolute atomic E-state index is 0.138.